The number of hydrogen-bond acceptors (Lipinski definition) is 3. The molecule has 0 rings (SSSR count). The van der Waals surface area contributed by atoms with E-state index in [1.165, 1.54) is 0 Å². The molecule has 0 saturated carbocycles. The first-order valence-corrected chi connectivity index (χ1v) is 13.2. The van der Waals surface area contributed by atoms with E-state index in [1.807, 2.05) is 0 Å². The monoisotopic (exact) mass is 525 g/mol. The largest absolute Gasteiger partial charge is 0.390 e. The van der Waals surface area contributed by atoms with Crippen molar-refractivity contribution in [2.24, 2.45) is 0 Å². The van der Waals surface area contributed by atoms with Crippen molar-refractivity contribution in [1.82, 2.24) is 0 Å². The molecule has 3 N–H and O–H groups in total. The van der Waals surface area contributed by atoms with Gasteiger partial charge in [0.05, 0.1) is 16.8 Å². The van der Waals surface area contributed by atoms with Crippen LogP contribution >= 0.6 is 0 Å². The van der Waals surface area contributed by atoms with Crippen molar-refractivity contribution < 1.29 is 37.7 Å². The minimum Gasteiger partial charge on any atom is -0.390 e. The Labute approximate surface area is 212 Å². The van der Waals surface area contributed by atoms with E-state index < -0.39 is 0 Å². The molecule has 0 aliphatic heterocycles. The van der Waals surface area contributed by atoms with Crippen molar-refractivity contribution in [3.8, 4) is 0 Å². The molecule has 0 aromatic carbocycles. The van der Waals surface area contributed by atoms with Gasteiger partial charge >= 0.3 is 0 Å². The zero-order valence-corrected chi connectivity index (χ0v) is 25.1. The van der Waals surface area contributed by atoms with Crippen LogP contribution in [0, 0.1) is 0 Å². The predicted octanol–water partition coefficient (Wildman–Crippen LogP) is 8.18. The van der Waals surface area contributed by atoms with Gasteiger partial charge in [-0.15, -0.1) is 0 Å². The summed E-state index contributed by atoms with van der Waals surface area (Å²) >= 11 is 0. The molecule has 0 heterocycles. The number of hydrogen-bond donors (Lipinski definition) is 3. The molecule has 0 fully saturated rings. The quantitative estimate of drug-likeness (QED) is 0.189. The summed E-state index contributed by atoms with van der Waals surface area (Å²) in [7, 11) is 0. The summed E-state index contributed by atoms with van der Waals surface area (Å²) < 4.78 is 0. The van der Waals surface area contributed by atoms with Crippen LogP contribution < -0.4 is 0 Å². The summed E-state index contributed by atoms with van der Waals surface area (Å²) in [6.45, 7) is 18.9. The maximum Gasteiger partial charge on any atom is 0.0645 e. The fourth-order valence-electron chi connectivity index (χ4n) is 4.23. The van der Waals surface area contributed by atoms with Gasteiger partial charge in [-0.3, -0.25) is 0 Å². The molecule has 0 aromatic heterocycles. The Morgan fingerprint density at radius 3 is 0.548 bits per heavy atom. The molecular weight excluding hydrogens is 465 g/mol. The summed E-state index contributed by atoms with van der Waals surface area (Å²) in [5.74, 6) is 0. The molecule has 31 heavy (non-hydrogen) atoms. The first-order chi connectivity index (χ1) is 14.0. The minimum atomic E-state index is -0.358. The fraction of sp³-hybridized carbons (Fsp3) is 1.00. The van der Waals surface area contributed by atoms with Gasteiger partial charge in [-0.1, -0.05) is 101 Å². The van der Waals surface area contributed by atoms with Gasteiger partial charge in [-0.2, -0.15) is 0 Å². The van der Waals surface area contributed by atoms with Gasteiger partial charge in [0.1, 0.15) is 0 Å². The van der Waals surface area contributed by atoms with Crippen LogP contribution in [-0.4, -0.2) is 32.1 Å². The Balaban J connectivity index is -0.000000174. The maximum absolute atomic E-state index is 9.82. The molecule has 0 aromatic rings. The molecule has 0 aliphatic carbocycles. The average Bonchev–Trinajstić information content (AvgIpc) is 2.70. The molecule has 0 aliphatic rings. The summed E-state index contributed by atoms with van der Waals surface area (Å²) in [5, 5.41) is 29.5. The van der Waals surface area contributed by atoms with Gasteiger partial charge in [0.2, 0.25) is 0 Å². The van der Waals surface area contributed by atoms with Crippen LogP contribution in [0.25, 0.3) is 0 Å². The van der Waals surface area contributed by atoms with Crippen molar-refractivity contribution >= 4 is 0 Å². The van der Waals surface area contributed by atoms with E-state index in [0.29, 0.717) is 0 Å². The van der Waals surface area contributed by atoms with Crippen molar-refractivity contribution in [2.75, 3.05) is 0 Å². The standard InChI is InChI=1S/3C9H20O.Nb/c3*1-4-7-9(10,6-3)8-5-2;/h3*10H,4-8H2,1-3H3;. The zero-order chi connectivity index (χ0) is 24.1. The van der Waals surface area contributed by atoms with Gasteiger partial charge in [0.25, 0.3) is 0 Å². The Morgan fingerprint density at radius 1 is 0.355 bits per heavy atom. The van der Waals surface area contributed by atoms with E-state index in [-0.39, 0.29) is 39.2 Å². The normalized spacial score (nSPS) is 11.6. The average molecular weight is 526 g/mol. The SMILES string of the molecule is CCCC(O)(CC)CCC.CCCC(O)(CC)CCC.CCCC(O)(CC)CCC.[Nb]. The molecule has 0 atom stereocenters. The Kier molecular flexibility index (Phi) is 29.8. The van der Waals surface area contributed by atoms with Crippen molar-refractivity contribution in [1.29, 1.82) is 0 Å². The fourth-order valence-corrected chi connectivity index (χ4v) is 4.23. The molecule has 3 nitrogen and oxygen atoms in total. The summed E-state index contributed by atoms with van der Waals surface area (Å²) in [5.41, 5.74) is -1.07. The Hall–Kier alpha value is 0.620. The third kappa shape index (κ3) is 22.2. The summed E-state index contributed by atoms with van der Waals surface area (Å²) in [6, 6.07) is 0. The van der Waals surface area contributed by atoms with E-state index in [9.17, 15) is 15.3 Å². The molecule has 4 heteroatoms. The van der Waals surface area contributed by atoms with E-state index >= 15 is 0 Å². The van der Waals surface area contributed by atoms with Gasteiger partial charge in [0.15, 0.2) is 0 Å². The van der Waals surface area contributed by atoms with Gasteiger partial charge in [-0.25, -0.2) is 0 Å². The van der Waals surface area contributed by atoms with E-state index in [2.05, 4.69) is 62.3 Å². The molecular formula is C27H60NbO3. The molecule has 0 bridgehead atoms. The Bertz CT molecular complexity index is 277. The van der Waals surface area contributed by atoms with Crippen LogP contribution in [0.2, 0.25) is 0 Å². The third-order valence-electron chi connectivity index (χ3n) is 6.27. The molecule has 0 spiro atoms. The second-order valence-electron chi connectivity index (χ2n) is 9.23. The molecule has 0 amide bonds. The van der Waals surface area contributed by atoms with Crippen LogP contribution in [0.5, 0.6) is 0 Å². The van der Waals surface area contributed by atoms with Crippen LogP contribution in [0.3, 0.4) is 0 Å². The second-order valence-corrected chi connectivity index (χ2v) is 9.23. The van der Waals surface area contributed by atoms with E-state index in [1.54, 1.807) is 0 Å². The first kappa shape index (κ1) is 38.9. The number of rotatable bonds is 15. The first-order valence-electron chi connectivity index (χ1n) is 13.2. The van der Waals surface area contributed by atoms with Gasteiger partial charge in [-0.05, 0) is 57.8 Å². The third-order valence-corrected chi connectivity index (χ3v) is 6.27. The topological polar surface area (TPSA) is 60.7 Å². The van der Waals surface area contributed by atoms with E-state index in [4.69, 9.17) is 0 Å². The van der Waals surface area contributed by atoms with Crippen molar-refractivity contribution in [3.05, 3.63) is 0 Å². The van der Waals surface area contributed by atoms with E-state index in [0.717, 1.165) is 96.3 Å². The molecule has 1 radical (unpaired) electrons. The molecule has 0 unspecified atom stereocenters. The maximum atomic E-state index is 9.82. The van der Waals surface area contributed by atoms with Crippen LogP contribution in [0.15, 0.2) is 0 Å². The molecule has 0 saturated heterocycles. The van der Waals surface area contributed by atoms with Gasteiger partial charge < -0.3 is 15.3 Å². The number of aliphatic hydroxyl groups is 3. The van der Waals surface area contributed by atoms with Crippen LogP contribution in [0.1, 0.15) is 159 Å². The van der Waals surface area contributed by atoms with Crippen LogP contribution in [0.4, 0.5) is 0 Å². The predicted molar refractivity (Wildman–Crippen MR) is 135 cm³/mol. The summed E-state index contributed by atoms with van der Waals surface area (Å²) in [4.78, 5) is 0. The van der Waals surface area contributed by atoms with Crippen LogP contribution in [-0.2, 0) is 22.4 Å². The van der Waals surface area contributed by atoms with Crippen molar-refractivity contribution in [3.63, 3.8) is 0 Å². The Morgan fingerprint density at radius 2 is 0.484 bits per heavy atom. The molecule has 191 valence electrons. The smallest absolute Gasteiger partial charge is 0.0645 e. The van der Waals surface area contributed by atoms with Gasteiger partial charge in [0, 0.05) is 22.4 Å². The second kappa shape index (κ2) is 23.8. The zero-order valence-electron chi connectivity index (χ0n) is 22.9. The minimum absolute atomic E-state index is 0. The van der Waals surface area contributed by atoms with Crippen molar-refractivity contribution in [2.45, 2.75) is 175 Å². The summed E-state index contributed by atoms with van der Waals surface area (Å²) in [6.07, 6.45) is 15.0.